The summed E-state index contributed by atoms with van der Waals surface area (Å²) < 4.78 is 371. The third kappa shape index (κ3) is 16.6. The summed E-state index contributed by atoms with van der Waals surface area (Å²) in [6.45, 7) is 3.06. The van der Waals surface area contributed by atoms with Crippen LogP contribution in [-0.2, 0) is 33.3 Å². The van der Waals surface area contributed by atoms with Gasteiger partial charge in [-0.2, -0.15) is 0 Å². The normalized spacial score (nSPS) is 13.3. The zero-order valence-electron chi connectivity index (χ0n) is 40.2. The van der Waals surface area contributed by atoms with Crippen LogP contribution >= 0.6 is 16.3 Å². The van der Waals surface area contributed by atoms with Gasteiger partial charge in [-0.25, -0.2) is 87.8 Å². The first kappa shape index (κ1) is 69.8. The molecule has 8 rings (SSSR count). The maximum Gasteiger partial charge on any atom is 1.00 e. The Balaban J connectivity index is 0.000000592. The molecule has 0 aromatic heterocycles. The first-order chi connectivity index (χ1) is 37.8. The molecule has 83 heavy (non-hydrogen) atoms. The number of Topliss-reactive ketones (excluding diaryl/α,β-unsaturated/α-hetero) is 1. The second-order valence-corrected chi connectivity index (χ2v) is 25.0. The van der Waals surface area contributed by atoms with Gasteiger partial charge >= 0.3 is 55.8 Å². The SMILES string of the molecule is CC(C)=O.Fc1c(F)c(F)c(P(O[C@H](c2ccccc2)[C@H](OP(c2c(F)c(F)c(F)c(F)c2F)c2c(F)c(F)c(F)c(F)c2F)c2ccccc2)c2c(F)c(F)c(F)c(F)c2F)c(F)c1F.[CH]1C=Cc2ccccc21.[F][Sb-]([F])([F])([F])([F])[F].[Ru+]. The largest absolute Gasteiger partial charge is 1.00 e. The van der Waals surface area contributed by atoms with Crippen LogP contribution in [-0.4, -0.2) is 25.3 Å². The molecule has 0 saturated carbocycles. The van der Waals surface area contributed by atoms with Crippen LogP contribution in [0.15, 0.2) is 91.0 Å². The van der Waals surface area contributed by atoms with Gasteiger partial charge in [0, 0.05) is 6.42 Å². The predicted octanol–water partition coefficient (Wildman–Crippen LogP) is 16.4. The van der Waals surface area contributed by atoms with E-state index in [1.807, 2.05) is 0 Å². The topological polar surface area (TPSA) is 35.5 Å². The predicted molar refractivity (Wildman–Crippen MR) is 245 cm³/mol. The maximum absolute atomic E-state index is 15.6. The summed E-state index contributed by atoms with van der Waals surface area (Å²) in [5.41, 5.74) is 1.28. The summed E-state index contributed by atoms with van der Waals surface area (Å²) in [6, 6.07) is 18.0. The number of fused-ring (bicyclic) bond motifs is 1. The van der Waals surface area contributed by atoms with Crippen molar-refractivity contribution in [3.63, 3.8) is 0 Å². The molecule has 33 heteroatoms. The molecule has 448 valence electrons. The average Bonchev–Trinajstić information content (AvgIpc) is 3.75. The van der Waals surface area contributed by atoms with E-state index < -0.39 is 197 Å². The van der Waals surface area contributed by atoms with Crippen molar-refractivity contribution >= 4 is 68.8 Å². The van der Waals surface area contributed by atoms with Crippen molar-refractivity contribution in [2.75, 3.05) is 0 Å². The molecule has 0 N–H and O–H groups in total. The number of rotatable bonds is 11. The van der Waals surface area contributed by atoms with Crippen molar-refractivity contribution in [2.45, 2.75) is 26.1 Å². The van der Waals surface area contributed by atoms with Crippen LogP contribution in [0.3, 0.4) is 0 Å². The van der Waals surface area contributed by atoms with Gasteiger partial charge in [0.15, 0.2) is 93.1 Å². The molecule has 0 saturated heterocycles. The molecule has 0 spiro atoms. The molecule has 0 unspecified atom stereocenters. The van der Waals surface area contributed by atoms with Gasteiger partial charge in [0.25, 0.3) is 0 Å². The number of carbonyl (C=O) groups excluding carboxylic acids is 1. The number of hydrogen-bond donors (Lipinski definition) is 0. The minimum atomic E-state index is -11.2. The Kier molecular flexibility index (Phi) is 22.5. The summed E-state index contributed by atoms with van der Waals surface area (Å²) >= 11 is -11.2. The molecule has 1 aliphatic rings. The van der Waals surface area contributed by atoms with Crippen LogP contribution in [0.25, 0.3) is 6.08 Å². The summed E-state index contributed by atoms with van der Waals surface area (Å²) in [6.07, 6.45) is 0.708. The Labute approximate surface area is 466 Å². The molecule has 7 aromatic carbocycles. The number of halogens is 26. The Morgan fingerprint density at radius 3 is 0.759 bits per heavy atom. The fourth-order valence-corrected chi connectivity index (χ4v) is 10.7. The van der Waals surface area contributed by atoms with E-state index in [-0.39, 0.29) is 25.3 Å². The third-order valence-corrected chi connectivity index (χ3v) is 14.1. The van der Waals surface area contributed by atoms with E-state index in [4.69, 9.17) is 9.05 Å². The molecule has 2 atom stereocenters. The molecule has 0 heterocycles. The van der Waals surface area contributed by atoms with Gasteiger partial charge < -0.3 is 13.8 Å². The van der Waals surface area contributed by atoms with Crippen LogP contribution in [0, 0.1) is 123 Å². The molecule has 7 aromatic rings. The van der Waals surface area contributed by atoms with Crippen molar-refractivity contribution in [1.29, 1.82) is 0 Å². The molecule has 0 aliphatic heterocycles. The molecule has 0 bridgehead atoms. The minimum absolute atomic E-state index is 0. The van der Waals surface area contributed by atoms with E-state index in [0.29, 0.717) is 0 Å². The number of allylic oxidation sites excluding steroid dienone is 1. The standard InChI is InChI=1S/C38H12F20O2P2.C9H7.C3H6O.6FH.Ru.Sb/c39-13-17(43)25(51)35(26(52)18(13)44)61(36-27(53)19(45)14(40)20(46)28(36)54)59-33(11-7-3-1-4-8-11)34(12-9-5-2-6-10-12)60-62(37-29(55)21(47)15(41)22(48)30(37)56)38-31(57)23(49)16(42)24(50)32(38)58;1-2-5-9-7-3-6-8(9)4-1;1-3(2)4;;;;;;;;/h1-10,33-34H;1-7H;1-2H3;6*1H;;/q;;;;;;;;;+1;+5/p-6/t33-,34-;;;;;;;;;;/m1........../s1. The number of carbonyl (C=O) groups is 1. The number of ketones is 1. The molecule has 1 aliphatic carbocycles. The van der Waals surface area contributed by atoms with Crippen molar-refractivity contribution in [2.24, 2.45) is 0 Å². The molecule has 0 amide bonds. The van der Waals surface area contributed by atoms with E-state index in [0.717, 1.165) is 60.7 Å². The van der Waals surface area contributed by atoms with Crippen molar-refractivity contribution in [3.05, 3.63) is 236 Å². The monoisotopic (exact) mass is 1450 g/mol. The van der Waals surface area contributed by atoms with Gasteiger partial charge in [-0.1, -0.05) is 97.1 Å². The van der Waals surface area contributed by atoms with E-state index in [2.05, 4.69) is 42.8 Å². The van der Waals surface area contributed by atoms with Crippen LogP contribution in [0.4, 0.5) is 105 Å². The van der Waals surface area contributed by atoms with Crippen LogP contribution < -0.4 is 21.2 Å². The van der Waals surface area contributed by atoms with Crippen molar-refractivity contribution < 1.29 is 138 Å². The van der Waals surface area contributed by atoms with Crippen LogP contribution in [0.5, 0.6) is 0 Å². The van der Waals surface area contributed by atoms with Gasteiger partial charge in [0.05, 0.1) is 21.2 Å². The smallest absolute Gasteiger partial charge is 1.00 e. The second-order valence-electron chi connectivity index (χ2n) is 16.2. The van der Waals surface area contributed by atoms with Gasteiger partial charge in [-0.15, -0.1) is 0 Å². The first-order valence-electron chi connectivity index (χ1n) is 21.5. The Hall–Kier alpha value is -5.65. The van der Waals surface area contributed by atoms with Gasteiger partial charge in [-0.3, -0.25) is 0 Å². The zero-order chi connectivity index (χ0) is 61.9. The average molecular weight is 1450 g/mol. The number of benzene rings is 7. The van der Waals surface area contributed by atoms with Gasteiger partial charge in [-0.05, 0) is 36.1 Å². The van der Waals surface area contributed by atoms with Crippen LogP contribution in [0.2, 0.25) is 0 Å². The molecular weight excluding hydrogens is 1430 g/mol. The van der Waals surface area contributed by atoms with E-state index in [9.17, 15) is 74.4 Å². The van der Waals surface area contributed by atoms with Crippen LogP contribution in [0.1, 0.15) is 48.3 Å². The molecule has 0 fully saturated rings. The summed E-state index contributed by atoms with van der Waals surface area (Å²) in [5.74, 6) is -58.9. The minimum Gasteiger partial charge on any atom is 1.00 e. The van der Waals surface area contributed by atoms with E-state index >= 15 is 35.1 Å². The second kappa shape index (κ2) is 26.7. The van der Waals surface area contributed by atoms with Crippen molar-refractivity contribution in [1.82, 2.24) is 0 Å². The quantitative estimate of drug-likeness (QED) is 0.0426. The summed E-state index contributed by atoms with van der Waals surface area (Å²) in [7, 11) is -9.60. The zero-order valence-corrected chi connectivity index (χ0v) is 46.3. The number of hydrogen-bond acceptors (Lipinski definition) is 3. The van der Waals surface area contributed by atoms with Gasteiger partial charge in [0.2, 0.25) is 23.3 Å². The maximum atomic E-state index is 15.6. The Morgan fingerprint density at radius 2 is 0.542 bits per heavy atom. The fourth-order valence-electron chi connectivity index (χ4n) is 6.69. The molecule has 3 nitrogen and oxygen atoms in total. The summed E-state index contributed by atoms with van der Waals surface area (Å²) in [4.78, 5) is 9.44. The Morgan fingerprint density at radius 1 is 0.349 bits per heavy atom. The van der Waals surface area contributed by atoms with Gasteiger partial charge in [0.1, 0.15) is 34.3 Å². The molecular formula is C50H25F26O3P2RuSb. The third-order valence-electron chi connectivity index (χ3n) is 10.1. The fraction of sp³-hybridized carbons (Fsp3) is 0.0800. The first-order valence-corrected chi connectivity index (χ1v) is 29.8. The van der Waals surface area contributed by atoms with E-state index in [1.54, 1.807) is 0 Å². The summed E-state index contributed by atoms with van der Waals surface area (Å²) in [5, 5.41) is -9.80. The van der Waals surface area contributed by atoms with Crippen molar-refractivity contribution in [3.8, 4) is 0 Å². The Bertz CT molecular complexity index is 3150. The molecule has 2 radical (unpaired) electrons. The van der Waals surface area contributed by atoms with E-state index in [1.165, 1.54) is 25.0 Å².